The van der Waals surface area contributed by atoms with Crippen molar-refractivity contribution < 1.29 is 28.7 Å². The van der Waals surface area contributed by atoms with Gasteiger partial charge < -0.3 is 24.4 Å². The number of hydrogen-bond donors (Lipinski definition) is 1. The minimum absolute atomic E-state index is 0.0148. The summed E-state index contributed by atoms with van der Waals surface area (Å²) in [5.74, 6) is -0.988. The summed E-state index contributed by atoms with van der Waals surface area (Å²) in [5, 5.41) is 4.15. The summed E-state index contributed by atoms with van der Waals surface area (Å²) >= 11 is 0. The topological polar surface area (TPSA) is 94.2 Å². The molecule has 0 saturated carbocycles. The van der Waals surface area contributed by atoms with Crippen LogP contribution < -0.4 is 5.32 Å². The lowest BCUT2D eigenvalue weighted by Gasteiger charge is -2.16. The van der Waals surface area contributed by atoms with Crippen LogP contribution in [0, 0.1) is 0 Å². The quantitative estimate of drug-likeness (QED) is 0.267. The number of benzene rings is 1. The van der Waals surface area contributed by atoms with E-state index in [9.17, 15) is 14.4 Å². The largest absolute Gasteiger partial charge is 0.379 e. The molecule has 162 valence electrons. The van der Waals surface area contributed by atoms with Gasteiger partial charge >= 0.3 is 5.97 Å². The molecule has 1 amide bonds. The van der Waals surface area contributed by atoms with Crippen LogP contribution in [0.1, 0.15) is 31.2 Å². The van der Waals surface area contributed by atoms with Gasteiger partial charge in [0.15, 0.2) is 0 Å². The molecule has 1 atom stereocenters. The average molecular weight is 408 g/mol. The van der Waals surface area contributed by atoms with Crippen LogP contribution in [0.15, 0.2) is 30.3 Å². The van der Waals surface area contributed by atoms with Crippen molar-refractivity contribution in [1.29, 1.82) is 0 Å². The number of ether oxygens (including phenoxy) is 2. The Morgan fingerprint density at radius 1 is 1.07 bits per heavy atom. The summed E-state index contributed by atoms with van der Waals surface area (Å²) < 4.78 is 10.9. The van der Waals surface area contributed by atoms with Gasteiger partial charge in [-0.3, -0.25) is 4.79 Å². The average Bonchev–Trinajstić information content (AvgIpc) is 2.73. The van der Waals surface area contributed by atoms with Crippen LogP contribution in [0.3, 0.4) is 0 Å². The summed E-state index contributed by atoms with van der Waals surface area (Å²) in [4.78, 5) is 38.2. The standard InChI is InChI=1S/C21H32N2O6/c1-22-19(17-18-7-4-3-5-8-18)10-13-27-15-16-28-14-11-21(26)29-23(2)20(25)9-6-12-24/h3-5,7-8,12,19,22H,6,9-11,13-17H2,1-2H3. The van der Waals surface area contributed by atoms with Crippen molar-refractivity contribution >= 4 is 18.2 Å². The molecule has 1 rings (SSSR count). The van der Waals surface area contributed by atoms with Crippen molar-refractivity contribution in [3.8, 4) is 0 Å². The molecule has 1 N–H and O–H groups in total. The maximum Gasteiger partial charge on any atom is 0.334 e. The van der Waals surface area contributed by atoms with Crippen molar-refractivity contribution in [2.75, 3.05) is 40.5 Å². The Kier molecular flexibility index (Phi) is 13.3. The number of hydrogen-bond acceptors (Lipinski definition) is 7. The zero-order valence-corrected chi connectivity index (χ0v) is 17.3. The van der Waals surface area contributed by atoms with Gasteiger partial charge in [0.05, 0.1) is 26.2 Å². The molecule has 0 radical (unpaired) electrons. The van der Waals surface area contributed by atoms with Gasteiger partial charge in [0.2, 0.25) is 0 Å². The van der Waals surface area contributed by atoms with Crippen LogP contribution in [0.5, 0.6) is 0 Å². The Morgan fingerprint density at radius 2 is 1.76 bits per heavy atom. The third-order valence-electron chi connectivity index (χ3n) is 4.23. The number of amides is 1. The minimum Gasteiger partial charge on any atom is -0.379 e. The summed E-state index contributed by atoms with van der Waals surface area (Å²) in [6.45, 7) is 1.63. The van der Waals surface area contributed by atoms with Gasteiger partial charge in [-0.15, -0.1) is 0 Å². The zero-order valence-electron chi connectivity index (χ0n) is 17.3. The lowest BCUT2D eigenvalue weighted by atomic mass is 10.0. The van der Waals surface area contributed by atoms with E-state index in [0.29, 0.717) is 32.1 Å². The minimum atomic E-state index is -0.564. The van der Waals surface area contributed by atoms with Crippen LogP contribution in [-0.4, -0.2) is 69.8 Å². The van der Waals surface area contributed by atoms with Crippen LogP contribution in [0.25, 0.3) is 0 Å². The Labute approximate surface area is 172 Å². The predicted octanol–water partition coefficient (Wildman–Crippen LogP) is 1.53. The molecule has 0 saturated heterocycles. The smallest absolute Gasteiger partial charge is 0.334 e. The maximum atomic E-state index is 11.6. The van der Waals surface area contributed by atoms with E-state index in [2.05, 4.69) is 17.4 Å². The molecule has 8 heteroatoms. The SMILES string of the molecule is CNC(CCOCCOCCC(=O)ON(C)C(=O)CCC=O)Cc1ccccc1. The number of carbonyl (C=O) groups excluding carboxylic acids is 3. The maximum absolute atomic E-state index is 11.6. The van der Waals surface area contributed by atoms with Gasteiger partial charge in [-0.2, -0.15) is 5.06 Å². The molecule has 0 aliphatic heterocycles. The number of aldehydes is 1. The predicted molar refractivity (Wildman–Crippen MR) is 108 cm³/mol. The van der Waals surface area contributed by atoms with Crippen LogP contribution in [-0.2, 0) is 35.1 Å². The van der Waals surface area contributed by atoms with E-state index in [1.54, 1.807) is 0 Å². The highest BCUT2D eigenvalue weighted by molar-refractivity contribution is 5.79. The Hall–Kier alpha value is -2.29. The number of likely N-dealkylation sites (N-methyl/N-ethyl adjacent to an activating group) is 1. The fourth-order valence-corrected chi connectivity index (χ4v) is 2.54. The van der Waals surface area contributed by atoms with Gasteiger partial charge in [-0.1, -0.05) is 30.3 Å². The van der Waals surface area contributed by atoms with E-state index < -0.39 is 11.9 Å². The fraction of sp³-hybridized carbons (Fsp3) is 0.571. The van der Waals surface area contributed by atoms with Crippen molar-refractivity contribution in [2.24, 2.45) is 0 Å². The highest BCUT2D eigenvalue weighted by atomic mass is 16.7. The first-order chi connectivity index (χ1) is 14.1. The lowest BCUT2D eigenvalue weighted by molar-refractivity contribution is -0.193. The number of nitrogens with zero attached hydrogens (tertiary/aromatic N) is 1. The molecule has 0 aliphatic carbocycles. The second-order valence-corrected chi connectivity index (χ2v) is 6.50. The van der Waals surface area contributed by atoms with Crippen molar-refractivity contribution in [2.45, 2.75) is 38.1 Å². The molecule has 0 aromatic heterocycles. The van der Waals surface area contributed by atoms with E-state index in [4.69, 9.17) is 14.3 Å². The fourth-order valence-electron chi connectivity index (χ4n) is 2.54. The number of rotatable bonds is 15. The van der Waals surface area contributed by atoms with Crippen molar-refractivity contribution in [1.82, 2.24) is 10.4 Å². The Bertz CT molecular complexity index is 596. The Balaban J connectivity index is 2.02. The van der Waals surface area contributed by atoms with E-state index >= 15 is 0 Å². The second-order valence-electron chi connectivity index (χ2n) is 6.50. The molecule has 0 aliphatic rings. The monoisotopic (exact) mass is 408 g/mol. The highest BCUT2D eigenvalue weighted by Crippen LogP contribution is 2.05. The zero-order chi connectivity index (χ0) is 21.3. The second kappa shape index (κ2) is 15.6. The van der Waals surface area contributed by atoms with Gasteiger partial charge in [-0.25, -0.2) is 4.79 Å². The van der Waals surface area contributed by atoms with E-state index in [0.717, 1.165) is 17.9 Å². The van der Waals surface area contributed by atoms with E-state index in [1.165, 1.54) is 12.6 Å². The highest BCUT2D eigenvalue weighted by Gasteiger charge is 2.13. The van der Waals surface area contributed by atoms with Gasteiger partial charge in [0.25, 0.3) is 5.91 Å². The molecular weight excluding hydrogens is 376 g/mol. The van der Waals surface area contributed by atoms with Gasteiger partial charge in [0.1, 0.15) is 6.29 Å². The van der Waals surface area contributed by atoms with E-state index in [1.807, 2.05) is 25.2 Å². The van der Waals surface area contributed by atoms with Crippen LogP contribution in [0.4, 0.5) is 0 Å². The van der Waals surface area contributed by atoms with Crippen molar-refractivity contribution in [3.05, 3.63) is 35.9 Å². The number of carbonyl (C=O) groups is 3. The van der Waals surface area contributed by atoms with E-state index in [-0.39, 0.29) is 25.9 Å². The summed E-state index contributed by atoms with van der Waals surface area (Å²) in [6, 6.07) is 10.7. The van der Waals surface area contributed by atoms with Crippen LogP contribution >= 0.6 is 0 Å². The molecule has 1 aromatic carbocycles. The first-order valence-corrected chi connectivity index (χ1v) is 9.84. The molecule has 1 unspecified atom stereocenters. The van der Waals surface area contributed by atoms with Crippen LogP contribution in [0.2, 0.25) is 0 Å². The van der Waals surface area contributed by atoms with Crippen molar-refractivity contribution in [3.63, 3.8) is 0 Å². The summed E-state index contributed by atoms with van der Waals surface area (Å²) in [7, 11) is 3.29. The first kappa shape index (κ1) is 24.7. The normalized spacial score (nSPS) is 11.7. The number of nitrogens with one attached hydrogen (secondary N) is 1. The molecule has 0 spiro atoms. The van der Waals surface area contributed by atoms with Gasteiger partial charge in [0, 0.05) is 32.5 Å². The van der Waals surface area contributed by atoms with Gasteiger partial charge in [-0.05, 0) is 25.5 Å². The lowest BCUT2D eigenvalue weighted by Crippen LogP contribution is -2.30. The Morgan fingerprint density at radius 3 is 2.41 bits per heavy atom. The molecule has 8 nitrogen and oxygen atoms in total. The molecule has 0 heterocycles. The summed E-state index contributed by atoms with van der Waals surface area (Å²) in [5.41, 5.74) is 1.29. The molecule has 0 bridgehead atoms. The number of hydroxylamine groups is 2. The molecule has 29 heavy (non-hydrogen) atoms. The third kappa shape index (κ3) is 12.0. The third-order valence-corrected chi connectivity index (χ3v) is 4.23. The molecule has 1 aromatic rings. The molecular formula is C21H32N2O6. The summed E-state index contributed by atoms with van der Waals surface area (Å²) in [6.07, 6.45) is 2.63. The molecule has 0 fully saturated rings. The first-order valence-electron chi connectivity index (χ1n) is 9.84.